The van der Waals surface area contributed by atoms with E-state index < -0.39 is 0 Å². The number of amides is 1. The average molecular weight is 283 g/mol. The predicted octanol–water partition coefficient (Wildman–Crippen LogP) is 2.64. The summed E-state index contributed by atoms with van der Waals surface area (Å²) in [5.74, 6) is -0.640. The minimum absolute atomic E-state index is 0.135. The molecule has 0 saturated heterocycles. The number of para-hydroxylation sites is 1. The maximum Gasteiger partial charge on any atom is 0.272 e. The van der Waals surface area contributed by atoms with Gasteiger partial charge in [0.05, 0.1) is 5.52 Å². The van der Waals surface area contributed by atoms with Gasteiger partial charge in [0.2, 0.25) is 0 Å². The molecule has 4 nitrogen and oxygen atoms in total. The van der Waals surface area contributed by atoms with Crippen molar-refractivity contribution in [1.82, 2.24) is 15.1 Å². The molecule has 0 saturated carbocycles. The van der Waals surface area contributed by atoms with E-state index >= 15 is 0 Å². The van der Waals surface area contributed by atoms with Crippen LogP contribution in [0.2, 0.25) is 0 Å². The standard InChI is InChI=1S/C16H14FN3O/c1-20-14-9-5-3-7-12(14)15(19-20)16(21)18-10-11-6-2-4-8-13(11)17/h2-9H,10H2,1H3,(H,18,21). The van der Waals surface area contributed by atoms with Crippen LogP contribution in [0.4, 0.5) is 4.39 Å². The molecule has 1 aromatic heterocycles. The fourth-order valence-electron chi connectivity index (χ4n) is 2.28. The van der Waals surface area contributed by atoms with Crippen molar-refractivity contribution in [3.8, 4) is 0 Å². The van der Waals surface area contributed by atoms with Crippen molar-refractivity contribution >= 4 is 16.8 Å². The number of aromatic nitrogens is 2. The summed E-state index contributed by atoms with van der Waals surface area (Å²) >= 11 is 0. The van der Waals surface area contributed by atoms with Gasteiger partial charge in [-0.2, -0.15) is 5.10 Å². The quantitative estimate of drug-likeness (QED) is 0.803. The molecule has 0 unspecified atom stereocenters. The lowest BCUT2D eigenvalue weighted by Gasteiger charge is -2.04. The van der Waals surface area contributed by atoms with Gasteiger partial charge < -0.3 is 5.32 Å². The van der Waals surface area contributed by atoms with E-state index in [0.717, 1.165) is 10.9 Å². The van der Waals surface area contributed by atoms with Crippen LogP contribution in [0.1, 0.15) is 16.1 Å². The minimum Gasteiger partial charge on any atom is -0.346 e. The number of carbonyl (C=O) groups is 1. The summed E-state index contributed by atoms with van der Waals surface area (Å²) < 4.78 is 15.2. The molecular formula is C16H14FN3O. The number of carbonyl (C=O) groups excluding carboxylic acids is 1. The monoisotopic (exact) mass is 283 g/mol. The second-order valence-corrected chi connectivity index (χ2v) is 4.76. The molecule has 0 atom stereocenters. The first-order chi connectivity index (χ1) is 10.2. The van der Waals surface area contributed by atoms with E-state index in [4.69, 9.17) is 0 Å². The molecule has 21 heavy (non-hydrogen) atoms. The van der Waals surface area contributed by atoms with E-state index in [1.165, 1.54) is 6.07 Å². The highest BCUT2D eigenvalue weighted by Crippen LogP contribution is 2.17. The van der Waals surface area contributed by atoms with Crippen LogP contribution in [0.15, 0.2) is 48.5 Å². The highest BCUT2D eigenvalue weighted by atomic mass is 19.1. The number of halogens is 1. The number of hydrogen-bond donors (Lipinski definition) is 1. The number of aryl methyl sites for hydroxylation is 1. The second kappa shape index (κ2) is 5.36. The SMILES string of the molecule is Cn1nc(C(=O)NCc2ccccc2F)c2ccccc21. The fourth-order valence-corrected chi connectivity index (χ4v) is 2.28. The molecule has 3 aromatic rings. The van der Waals surface area contributed by atoms with Crippen LogP contribution in [0.3, 0.4) is 0 Å². The van der Waals surface area contributed by atoms with Crippen LogP contribution >= 0.6 is 0 Å². The zero-order chi connectivity index (χ0) is 14.8. The lowest BCUT2D eigenvalue weighted by molar-refractivity contribution is 0.0946. The van der Waals surface area contributed by atoms with E-state index in [2.05, 4.69) is 10.4 Å². The molecule has 0 spiro atoms. The first-order valence-electron chi connectivity index (χ1n) is 6.60. The molecule has 106 valence electrons. The maximum atomic E-state index is 13.5. The highest BCUT2D eigenvalue weighted by molar-refractivity contribution is 6.04. The molecule has 2 aromatic carbocycles. The third-order valence-corrected chi connectivity index (χ3v) is 3.37. The van der Waals surface area contributed by atoms with E-state index in [1.54, 1.807) is 29.9 Å². The van der Waals surface area contributed by atoms with E-state index in [0.29, 0.717) is 11.3 Å². The van der Waals surface area contributed by atoms with Gasteiger partial charge in [0.25, 0.3) is 5.91 Å². The highest BCUT2D eigenvalue weighted by Gasteiger charge is 2.15. The lowest BCUT2D eigenvalue weighted by atomic mass is 10.2. The van der Waals surface area contributed by atoms with Crippen molar-refractivity contribution in [3.63, 3.8) is 0 Å². The molecule has 1 amide bonds. The summed E-state index contributed by atoms with van der Waals surface area (Å²) in [6.07, 6.45) is 0. The van der Waals surface area contributed by atoms with Gasteiger partial charge in [-0.15, -0.1) is 0 Å². The summed E-state index contributed by atoms with van der Waals surface area (Å²) in [5.41, 5.74) is 1.68. The van der Waals surface area contributed by atoms with Crippen molar-refractivity contribution in [2.45, 2.75) is 6.54 Å². The van der Waals surface area contributed by atoms with Crippen LogP contribution in [-0.2, 0) is 13.6 Å². The van der Waals surface area contributed by atoms with Gasteiger partial charge in [0, 0.05) is 24.5 Å². The van der Waals surface area contributed by atoms with Crippen LogP contribution in [0.25, 0.3) is 10.9 Å². The largest absolute Gasteiger partial charge is 0.346 e. The Balaban J connectivity index is 1.83. The Bertz CT molecular complexity index is 810. The Kier molecular flexibility index (Phi) is 3.39. The number of fused-ring (bicyclic) bond motifs is 1. The summed E-state index contributed by atoms with van der Waals surface area (Å²) in [6.45, 7) is 0.135. The third kappa shape index (κ3) is 2.50. The smallest absolute Gasteiger partial charge is 0.272 e. The number of rotatable bonds is 3. The van der Waals surface area contributed by atoms with Crippen LogP contribution in [0, 0.1) is 5.82 Å². The molecule has 0 aliphatic carbocycles. The Morgan fingerprint density at radius 1 is 1.19 bits per heavy atom. The van der Waals surface area contributed by atoms with Gasteiger partial charge in [0.15, 0.2) is 5.69 Å². The Morgan fingerprint density at radius 3 is 2.71 bits per heavy atom. The van der Waals surface area contributed by atoms with Gasteiger partial charge >= 0.3 is 0 Å². The average Bonchev–Trinajstić information content (AvgIpc) is 2.84. The number of nitrogens with zero attached hydrogens (tertiary/aromatic N) is 2. The third-order valence-electron chi connectivity index (χ3n) is 3.37. The molecule has 5 heteroatoms. The molecule has 1 heterocycles. The van der Waals surface area contributed by atoms with E-state index in [-0.39, 0.29) is 18.3 Å². The predicted molar refractivity (Wildman–Crippen MR) is 78.3 cm³/mol. The van der Waals surface area contributed by atoms with Crippen LogP contribution in [0.5, 0.6) is 0 Å². The second-order valence-electron chi connectivity index (χ2n) is 4.76. The van der Waals surface area contributed by atoms with Gasteiger partial charge in [-0.3, -0.25) is 9.48 Å². The van der Waals surface area contributed by atoms with E-state index in [9.17, 15) is 9.18 Å². The van der Waals surface area contributed by atoms with Gasteiger partial charge in [-0.1, -0.05) is 36.4 Å². The topological polar surface area (TPSA) is 46.9 Å². The molecule has 0 fully saturated rings. The maximum absolute atomic E-state index is 13.5. The normalized spacial score (nSPS) is 10.8. The first kappa shape index (κ1) is 13.3. The Hall–Kier alpha value is -2.69. The van der Waals surface area contributed by atoms with Crippen molar-refractivity contribution in [3.05, 3.63) is 65.6 Å². The summed E-state index contributed by atoms with van der Waals surface area (Å²) in [7, 11) is 1.79. The van der Waals surface area contributed by atoms with Gasteiger partial charge in [-0.05, 0) is 12.1 Å². The molecule has 0 bridgehead atoms. The van der Waals surface area contributed by atoms with Gasteiger partial charge in [0.1, 0.15) is 5.82 Å². The number of hydrogen-bond acceptors (Lipinski definition) is 2. The van der Waals surface area contributed by atoms with Crippen molar-refractivity contribution in [1.29, 1.82) is 0 Å². The lowest BCUT2D eigenvalue weighted by Crippen LogP contribution is -2.24. The summed E-state index contributed by atoms with van der Waals surface area (Å²) in [6, 6.07) is 13.9. The molecule has 0 aliphatic rings. The zero-order valence-electron chi connectivity index (χ0n) is 11.5. The van der Waals surface area contributed by atoms with Crippen molar-refractivity contribution in [2.24, 2.45) is 7.05 Å². The molecule has 0 radical (unpaired) electrons. The van der Waals surface area contributed by atoms with Crippen LogP contribution in [-0.4, -0.2) is 15.7 Å². The van der Waals surface area contributed by atoms with Crippen LogP contribution < -0.4 is 5.32 Å². The summed E-state index contributed by atoms with van der Waals surface area (Å²) in [4.78, 5) is 12.2. The van der Waals surface area contributed by atoms with E-state index in [1.807, 2.05) is 24.3 Å². The van der Waals surface area contributed by atoms with Crippen molar-refractivity contribution < 1.29 is 9.18 Å². The molecule has 3 rings (SSSR count). The Labute approximate surface area is 121 Å². The van der Waals surface area contributed by atoms with Gasteiger partial charge in [-0.25, -0.2) is 4.39 Å². The zero-order valence-corrected chi connectivity index (χ0v) is 11.5. The number of benzene rings is 2. The minimum atomic E-state index is -0.330. The molecule has 0 aliphatic heterocycles. The van der Waals surface area contributed by atoms with Crippen molar-refractivity contribution in [2.75, 3.05) is 0 Å². The fraction of sp³-hybridized carbons (Fsp3) is 0.125. The Morgan fingerprint density at radius 2 is 1.90 bits per heavy atom. The molecular weight excluding hydrogens is 269 g/mol. The molecule has 1 N–H and O–H groups in total. The number of nitrogens with one attached hydrogen (secondary N) is 1. The first-order valence-corrected chi connectivity index (χ1v) is 6.60. The summed E-state index contributed by atoms with van der Waals surface area (Å²) in [5, 5.41) is 7.73.